The van der Waals surface area contributed by atoms with E-state index >= 15 is 0 Å². The van der Waals surface area contributed by atoms with E-state index < -0.39 is 6.10 Å². The zero-order valence-electron chi connectivity index (χ0n) is 6.92. The van der Waals surface area contributed by atoms with Gasteiger partial charge in [0.1, 0.15) is 6.10 Å². The van der Waals surface area contributed by atoms with Crippen molar-refractivity contribution >= 4 is 11.3 Å². The SMILES string of the molecule is O[C@H](c1cccnc1)c1cccs1. The molecule has 0 unspecified atom stereocenters. The predicted octanol–water partition coefficient (Wildman–Crippen LogP) is 2.22. The first kappa shape index (κ1) is 8.41. The summed E-state index contributed by atoms with van der Waals surface area (Å²) in [6.45, 7) is 0. The van der Waals surface area contributed by atoms with Crippen LogP contribution in [0.1, 0.15) is 16.5 Å². The van der Waals surface area contributed by atoms with Crippen LogP contribution in [-0.4, -0.2) is 10.1 Å². The molecule has 0 fully saturated rings. The van der Waals surface area contributed by atoms with Gasteiger partial charge in [0.15, 0.2) is 0 Å². The molecule has 3 heteroatoms. The lowest BCUT2D eigenvalue weighted by atomic mass is 10.1. The van der Waals surface area contributed by atoms with Gasteiger partial charge in [0.2, 0.25) is 0 Å². The van der Waals surface area contributed by atoms with Crippen molar-refractivity contribution in [2.45, 2.75) is 6.10 Å². The van der Waals surface area contributed by atoms with Crippen LogP contribution in [0, 0.1) is 0 Å². The van der Waals surface area contributed by atoms with E-state index in [1.165, 1.54) is 0 Å². The highest BCUT2D eigenvalue weighted by molar-refractivity contribution is 7.10. The van der Waals surface area contributed by atoms with Gasteiger partial charge < -0.3 is 5.11 Å². The molecule has 0 saturated carbocycles. The Balaban J connectivity index is 2.29. The maximum Gasteiger partial charge on any atom is 0.115 e. The summed E-state index contributed by atoms with van der Waals surface area (Å²) in [5, 5.41) is 11.8. The summed E-state index contributed by atoms with van der Waals surface area (Å²) in [5.74, 6) is 0. The third-order valence-corrected chi connectivity index (χ3v) is 2.74. The molecule has 0 saturated heterocycles. The summed E-state index contributed by atoms with van der Waals surface area (Å²) in [5.41, 5.74) is 0.838. The van der Waals surface area contributed by atoms with Crippen molar-refractivity contribution < 1.29 is 5.11 Å². The molecule has 0 bridgehead atoms. The zero-order chi connectivity index (χ0) is 9.10. The van der Waals surface area contributed by atoms with Crippen molar-refractivity contribution in [3.05, 3.63) is 52.5 Å². The van der Waals surface area contributed by atoms with Crippen LogP contribution in [0.25, 0.3) is 0 Å². The van der Waals surface area contributed by atoms with Gasteiger partial charge in [-0.05, 0) is 17.5 Å². The molecule has 2 heterocycles. The molecule has 0 aliphatic carbocycles. The Morgan fingerprint density at radius 2 is 2.23 bits per heavy atom. The van der Waals surface area contributed by atoms with Gasteiger partial charge in [0.05, 0.1) is 0 Å². The lowest BCUT2D eigenvalue weighted by molar-refractivity contribution is 0.224. The molecule has 1 atom stereocenters. The minimum atomic E-state index is -0.534. The van der Waals surface area contributed by atoms with Gasteiger partial charge in [0, 0.05) is 22.8 Å². The van der Waals surface area contributed by atoms with E-state index in [4.69, 9.17) is 0 Å². The number of rotatable bonds is 2. The van der Waals surface area contributed by atoms with Crippen molar-refractivity contribution in [3.63, 3.8) is 0 Å². The lowest BCUT2D eigenvalue weighted by Crippen LogP contribution is -1.96. The van der Waals surface area contributed by atoms with E-state index in [1.807, 2.05) is 29.6 Å². The average molecular weight is 191 g/mol. The quantitative estimate of drug-likeness (QED) is 0.789. The van der Waals surface area contributed by atoms with Gasteiger partial charge in [-0.2, -0.15) is 0 Å². The first-order valence-electron chi connectivity index (χ1n) is 3.99. The lowest BCUT2D eigenvalue weighted by Gasteiger charge is -2.06. The van der Waals surface area contributed by atoms with Crippen molar-refractivity contribution in [2.24, 2.45) is 0 Å². The molecule has 0 aromatic carbocycles. The van der Waals surface area contributed by atoms with Crippen molar-refractivity contribution in [3.8, 4) is 0 Å². The van der Waals surface area contributed by atoms with Gasteiger partial charge in [-0.15, -0.1) is 11.3 Å². The Kier molecular flexibility index (Phi) is 2.38. The number of hydrogen-bond donors (Lipinski definition) is 1. The Labute approximate surface area is 80.5 Å². The highest BCUT2D eigenvalue weighted by Crippen LogP contribution is 2.24. The fraction of sp³-hybridized carbons (Fsp3) is 0.100. The number of pyridine rings is 1. The Bertz CT molecular complexity index is 358. The van der Waals surface area contributed by atoms with Gasteiger partial charge in [-0.3, -0.25) is 4.98 Å². The number of nitrogens with zero attached hydrogens (tertiary/aromatic N) is 1. The van der Waals surface area contributed by atoms with Crippen LogP contribution in [0.2, 0.25) is 0 Å². The molecule has 0 aliphatic heterocycles. The highest BCUT2D eigenvalue weighted by atomic mass is 32.1. The van der Waals surface area contributed by atoms with E-state index in [2.05, 4.69) is 4.98 Å². The number of aliphatic hydroxyl groups is 1. The fourth-order valence-electron chi connectivity index (χ4n) is 1.15. The van der Waals surface area contributed by atoms with Gasteiger partial charge in [-0.25, -0.2) is 0 Å². The van der Waals surface area contributed by atoms with Crippen LogP contribution < -0.4 is 0 Å². The summed E-state index contributed by atoms with van der Waals surface area (Å²) in [4.78, 5) is 4.91. The van der Waals surface area contributed by atoms with Crippen LogP contribution in [0.3, 0.4) is 0 Å². The second-order valence-corrected chi connectivity index (χ2v) is 3.68. The smallest absolute Gasteiger partial charge is 0.115 e. The molecule has 2 aromatic rings. The van der Waals surface area contributed by atoms with Crippen LogP contribution in [0.5, 0.6) is 0 Å². The van der Waals surface area contributed by atoms with Gasteiger partial charge in [0.25, 0.3) is 0 Å². The van der Waals surface area contributed by atoms with Gasteiger partial charge >= 0.3 is 0 Å². The average Bonchev–Trinajstić information content (AvgIpc) is 2.71. The highest BCUT2D eigenvalue weighted by Gasteiger charge is 2.10. The predicted molar refractivity (Wildman–Crippen MR) is 52.6 cm³/mol. The second kappa shape index (κ2) is 3.68. The zero-order valence-corrected chi connectivity index (χ0v) is 7.74. The summed E-state index contributed by atoms with van der Waals surface area (Å²) in [7, 11) is 0. The molecule has 0 amide bonds. The van der Waals surface area contributed by atoms with Crippen molar-refractivity contribution in [1.29, 1.82) is 0 Å². The molecule has 13 heavy (non-hydrogen) atoms. The standard InChI is InChI=1S/C10H9NOS/c12-10(9-4-2-6-13-9)8-3-1-5-11-7-8/h1-7,10,12H/t10-/m1/s1. The molecule has 0 spiro atoms. The Hall–Kier alpha value is -1.19. The summed E-state index contributed by atoms with van der Waals surface area (Å²) < 4.78 is 0. The fourth-order valence-corrected chi connectivity index (χ4v) is 1.89. The molecule has 2 rings (SSSR count). The molecular formula is C10H9NOS. The Morgan fingerprint density at radius 3 is 2.85 bits per heavy atom. The monoisotopic (exact) mass is 191 g/mol. The first-order valence-corrected chi connectivity index (χ1v) is 4.87. The minimum Gasteiger partial charge on any atom is -0.383 e. The maximum absolute atomic E-state index is 9.85. The third-order valence-electron chi connectivity index (χ3n) is 1.81. The second-order valence-electron chi connectivity index (χ2n) is 2.70. The van der Waals surface area contributed by atoms with Crippen molar-refractivity contribution in [1.82, 2.24) is 4.98 Å². The number of aromatic nitrogens is 1. The Morgan fingerprint density at radius 1 is 1.31 bits per heavy atom. The maximum atomic E-state index is 9.85. The first-order chi connectivity index (χ1) is 6.38. The topological polar surface area (TPSA) is 33.1 Å². The number of hydrogen-bond acceptors (Lipinski definition) is 3. The van der Waals surface area contributed by atoms with Crippen LogP contribution in [-0.2, 0) is 0 Å². The normalized spacial score (nSPS) is 12.7. The number of aliphatic hydroxyl groups excluding tert-OH is 1. The minimum absolute atomic E-state index is 0.534. The molecule has 1 N–H and O–H groups in total. The molecule has 2 nitrogen and oxygen atoms in total. The van der Waals surface area contributed by atoms with E-state index in [9.17, 15) is 5.11 Å². The molecular weight excluding hydrogens is 182 g/mol. The third kappa shape index (κ3) is 1.76. The molecule has 2 aromatic heterocycles. The molecule has 66 valence electrons. The van der Waals surface area contributed by atoms with Crippen LogP contribution in [0.4, 0.5) is 0 Å². The largest absolute Gasteiger partial charge is 0.383 e. The summed E-state index contributed by atoms with van der Waals surface area (Å²) in [6, 6.07) is 7.55. The van der Waals surface area contributed by atoms with Crippen LogP contribution in [0.15, 0.2) is 42.0 Å². The van der Waals surface area contributed by atoms with Crippen molar-refractivity contribution in [2.75, 3.05) is 0 Å². The van der Waals surface area contributed by atoms with Gasteiger partial charge in [-0.1, -0.05) is 12.1 Å². The van der Waals surface area contributed by atoms with E-state index in [1.54, 1.807) is 23.7 Å². The van der Waals surface area contributed by atoms with E-state index in [0.29, 0.717) is 0 Å². The summed E-state index contributed by atoms with van der Waals surface area (Å²) in [6.07, 6.45) is 2.85. The molecule has 0 aliphatic rings. The van der Waals surface area contributed by atoms with E-state index in [-0.39, 0.29) is 0 Å². The number of thiophene rings is 1. The van der Waals surface area contributed by atoms with Crippen LogP contribution >= 0.6 is 11.3 Å². The van der Waals surface area contributed by atoms with E-state index in [0.717, 1.165) is 10.4 Å². The molecule has 0 radical (unpaired) electrons. The summed E-state index contributed by atoms with van der Waals surface area (Å²) >= 11 is 1.55.